The molecule has 1 amide bonds. The smallest absolute Gasteiger partial charge is 0.247 e. The zero-order chi connectivity index (χ0) is 17.9. The van der Waals surface area contributed by atoms with Crippen molar-refractivity contribution in [3.05, 3.63) is 65.5 Å². The number of hydrogen-bond acceptors (Lipinski definition) is 3. The Morgan fingerprint density at radius 2 is 1.96 bits per heavy atom. The van der Waals surface area contributed by atoms with Crippen molar-refractivity contribution in [3.63, 3.8) is 0 Å². The lowest BCUT2D eigenvalue weighted by molar-refractivity contribution is -0.126. The molecule has 0 radical (unpaired) electrons. The molecule has 2 aliphatic rings. The number of rotatable bonds is 3. The molecule has 0 aliphatic carbocycles. The van der Waals surface area contributed by atoms with Crippen molar-refractivity contribution < 1.29 is 18.7 Å². The summed E-state index contributed by atoms with van der Waals surface area (Å²) in [5, 5.41) is 0. The van der Waals surface area contributed by atoms with E-state index in [9.17, 15) is 9.18 Å². The van der Waals surface area contributed by atoms with Crippen molar-refractivity contribution in [2.24, 2.45) is 0 Å². The number of amides is 1. The number of carbonyl (C=O) groups is 1. The lowest BCUT2D eigenvalue weighted by atomic mass is 10.0. The molecule has 0 aromatic heterocycles. The third kappa shape index (κ3) is 3.43. The average molecular weight is 353 g/mol. The highest BCUT2D eigenvalue weighted by molar-refractivity contribution is 5.92. The van der Waals surface area contributed by atoms with Crippen LogP contribution in [-0.2, 0) is 4.79 Å². The predicted molar refractivity (Wildman–Crippen MR) is 96.6 cm³/mol. The van der Waals surface area contributed by atoms with E-state index in [0.717, 1.165) is 29.9 Å². The number of carbonyl (C=O) groups excluding carboxylic acids is 1. The molecule has 2 heterocycles. The lowest BCUT2D eigenvalue weighted by Crippen LogP contribution is -2.29. The van der Waals surface area contributed by atoms with Gasteiger partial charge in [0.1, 0.15) is 19.0 Å². The number of ether oxygens (including phenoxy) is 2. The second kappa shape index (κ2) is 7.20. The lowest BCUT2D eigenvalue weighted by Gasteiger charge is -2.26. The van der Waals surface area contributed by atoms with E-state index in [1.165, 1.54) is 18.2 Å². The Kier molecular flexibility index (Phi) is 4.61. The molecule has 1 unspecified atom stereocenters. The Morgan fingerprint density at radius 3 is 2.81 bits per heavy atom. The fourth-order valence-corrected chi connectivity index (χ4v) is 3.52. The molecule has 0 spiro atoms. The van der Waals surface area contributed by atoms with E-state index in [0.29, 0.717) is 25.3 Å². The molecule has 1 atom stereocenters. The minimum absolute atomic E-state index is 0.0236. The first-order valence-electron chi connectivity index (χ1n) is 8.84. The standard InChI is InChI=1S/C21H20FNO3/c22-17-4-1-3-15(13-17)6-9-21(24)23-10-2-5-18(23)16-7-8-19-20(14-16)26-12-11-25-19/h1,3-4,6-9,13-14,18H,2,5,10-12H2/b9-6+. The van der Waals surface area contributed by atoms with Gasteiger partial charge in [0.25, 0.3) is 0 Å². The van der Waals surface area contributed by atoms with Gasteiger partial charge in [0.2, 0.25) is 5.91 Å². The largest absolute Gasteiger partial charge is 0.486 e. The maximum absolute atomic E-state index is 13.3. The predicted octanol–water partition coefficient (Wildman–Crippen LogP) is 3.97. The van der Waals surface area contributed by atoms with Crippen LogP contribution < -0.4 is 9.47 Å². The van der Waals surface area contributed by atoms with Gasteiger partial charge in [-0.3, -0.25) is 4.79 Å². The maximum Gasteiger partial charge on any atom is 0.247 e. The molecule has 2 aliphatic heterocycles. The van der Waals surface area contributed by atoms with Crippen LogP contribution >= 0.6 is 0 Å². The van der Waals surface area contributed by atoms with E-state index in [-0.39, 0.29) is 17.8 Å². The summed E-state index contributed by atoms with van der Waals surface area (Å²) >= 11 is 0. The molecule has 0 N–H and O–H groups in total. The first kappa shape index (κ1) is 16.6. The molecule has 26 heavy (non-hydrogen) atoms. The third-order valence-corrected chi connectivity index (χ3v) is 4.75. The Balaban J connectivity index is 1.52. The van der Waals surface area contributed by atoms with Gasteiger partial charge in [0.15, 0.2) is 11.5 Å². The Hall–Kier alpha value is -2.82. The van der Waals surface area contributed by atoms with Crippen LogP contribution in [-0.4, -0.2) is 30.6 Å². The van der Waals surface area contributed by atoms with Crippen LogP contribution in [0.1, 0.15) is 30.0 Å². The average Bonchev–Trinajstić information content (AvgIpc) is 3.16. The summed E-state index contributed by atoms with van der Waals surface area (Å²) < 4.78 is 24.5. The molecule has 134 valence electrons. The van der Waals surface area contributed by atoms with E-state index in [2.05, 4.69) is 0 Å². The number of halogens is 1. The van der Waals surface area contributed by atoms with E-state index < -0.39 is 0 Å². The fraction of sp³-hybridized carbons (Fsp3) is 0.286. The summed E-state index contributed by atoms with van der Waals surface area (Å²) in [5.74, 6) is 1.12. The molecule has 4 nitrogen and oxygen atoms in total. The summed E-state index contributed by atoms with van der Waals surface area (Å²) in [4.78, 5) is 14.5. The number of hydrogen-bond donors (Lipinski definition) is 0. The summed E-state index contributed by atoms with van der Waals surface area (Å²) in [6, 6.07) is 12.1. The van der Waals surface area contributed by atoms with Crippen LogP contribution in [0.5, 0.6) is 11.5 Å². The summed E-state index contributed by atoms with van der Waals surface area (Å²) in [7, 11) is 0. The first-order chi connectivity index (χ1) is 12.7. The van der Waals surface area contributed by atoms with E-state index in [1.807, 2.05) is 23.1 Å². The first-order valence-corrected chi connectivity index (χ1v) is 8.84. The third-order valence-electron chi connectivity index (χ3n) is 4.75. The van der Waals surface area contributed by atoms with Crippen molar-refractivity contribution in [1.82, 2.24) is 4.90 Å². The van der Waals surface area contributed by atoms with E-state index in [4.69, 9.17) is 9.47 Å². The molecule has 2 aromatic rings. The van der Waals surface area contributed by atoms with Gasteiger partial charge in [-0.1, -0.05) is 18.2 Å². The quantitative estimate of drug-likeness (QED) is 0.784. The van der Waals surface area contributed by atoms with Crippen molar-refractivity contribution in [2.45, 2.75) is 18.9 Å². The van der Waals surface area contributed by atoms with Gasteiger partial charge >= 0.3 is 0 Å². The van der Waals surface area contributed by atoms with Gasteiger partial charge in [-0.2, -0.15) is 0 Å². The second-order valence-electron chi connectivity index (χ2n) is 6.48. The van der Waals surface area contributed by atoms with Gasteiger partial charge in [0.05, 0.1) is 6.04 Å². The van der Waals surface area contributed by atoms with Crippen LogP contribution in [0.15, 0.2) is 48.5 Å². The van der Waals surface area contributed by atoms with E-state index in [1.54, 1.807) is 18.2 Å². The molecular formula is C21H20FNO3. The van der Waals surface area contributed by atoms with Crippen LogP contribution in [0.25, 0.3) is 6.08 Å². The molecular weight excluding hydrogens is 333 g/mol. The maximum atomic E-state index is 13.3. The van der Waals surface area contributed by atoms with Gasteiger partial charge < -0.3 is 14.4 Å². The molecule has 0 bridgehead atoms. The molecule has 4 rings (SSSR count). The SMILES string of the molecule is O=C(/C=C/c1cccc(F)c1)N1CCCC1c1ccc2c(c1)OCCO2. The van der Waals surface area contributed by atoms with Crippen LogP contribution in [0.2, 0.25) is 0 Å². The highest BCUT2D eigenvalue weighted by Gasteiger charge is 2.29. The minimum Gasteiger partial charge on any atom is -0.486 e. The molecule has 1 saturated heterocycles. The topological polar surface area (TPSA) is 38.8 Å². The minimum atomic E-state index is -0.310. The molecule has 1 fully saturated rings. The van der Waals surface area contributed by atoms with Crippen LogP contribution in [0, 0.1) is 5.82 Å². The zero-order valence-corrected chi connectivity index (χ0v) is 14.4. The second-order valence-corrected chi connectivity index (χ2v) is 6.48. The normalized spacial score (nSPS) is 19.1. The van der Waals surface area contributed by atoms with Gasteiger partial charge in [0, 0.05) is 12.6 Å². The van der Waals surface area contributed by atoms with Crippen LogP contribution in [0.3, 0.4) is 0 Å². The molecule has 5 heteroatoms. The number of likely N-dealkylation sites (tertiary alicyclic amines) is 1. The molecule has 2 aromatic carbocycles. The summed E-state index contributed by atoms with van der Waals surface area (Å²) in [6.45, 7) is 1.82. The van der Waals surface area contributed by atoms with Crippen LogP contribution in [0.4, 0.5) is 4.39 Å². The van der Waals surface area contributed by atoms with Crippen molar-refractivity contribution in [2.75, 3.05) is 19.8 Å². The van der Waals surface area contributed by atoms with Gasteiger partial charge in [-0.25, -0.2) is 4.39 Å². The number of benzene rings is 2. The molecule has 0 saturated carbocycles. The van der Waals surface area contributed by atoms with E-state index >= 15 is 0 Å². The monoisotopic (exact) mass is 353 g/mol. The summed E-state index contributed by atoms with van der Waals surface area (Å²) in [5.41, 5.74) is 1.73. The van der Waals surface area contributed by atoms with Crippen molar-refractivity contribution in [1.29, 1.82) is 0 Å². The fourth-order valence-electron chi connectivity index (χ4n) is 3.52. The van der Waals surface area contributed by atoms with Crippen molar-refractivity contribution in [3.8, 4) is 11.5 Å². The highest BCUT2D eigenvalue weighted by Crippen LogP contribution is 2.38. The summed E-state index contributed by atoms with van der Waals surface area (Å²) in [6.07, 6.45) is 5.05. The highest BCUT2D eigenvalue weighted by atomic mass is 19.1. The Labute approximate surface area is 151 Å². The van der Waals surface area contributed by atoms with Gasteiger partial charge in [-0.05, 0) is 54.3 Å². The Bertz CT molecular complexity index is 849. The Morgan fingerprint density at radius 1 is 1.12 bits per heavy atom. The number of nitrogens with zero attached hydrogens (tertiary/aromatic N) is 1. The zero-order valence-electron chi connectivity index (χ0n) is 14.4. The van der Waals surface area contributed by atoms with Crippen molar-refractivity contribution >= 4 is 12.0 Å². The van der Waals surface area contributed by atoms with Gasteiger partial charge in [-0.15, -0.1) is 0 Å². The number of fused-ring (bicyclic) bond motifs is 1.